The molecule has 0 aromatic carbocycles. The maximum Gasteiger partial charge on any atom is 0.231 e. The minimum Gasteiger partial charge on any atom is -0.369 e. The smallest absolute Gasteiger partial charge is 0.231 e. The first kappa shape index (κ1) is 13.8. The lowest BCUT2D eigenvalue weighted by Crippen LogP contribution is -2.42. The molecule has 0 aromatic rings. The molecule has 2 rings (SSSR count). The molecule has 4 nitrogen and oxygen atoms in total. The van der Waals surface area contributed by atoms with Crippen molar-refractivity contribution in [3.05, 3.63) is 0 Å². The molecule has 2 aliphatic rings. The molecule has 0 atom stereocenters. The van der Waals surface area contributed by atoms with Crippen molar-refractivity contribution in [1.82, 2.24) is 9.80 Å². The van der Waals surface area contributed by atoms with Crippen LogP contribution in [0.15, 0.2) is 0 Å². The predicted molar refractivity (Wildman–Crippen MR) is 73.3 cm³/mol. The van der Waals surface area contributed by atoms with E-state index in [1.165, 1.54) is 58.2 Å². The van der Waals surface area contributed by atoms with Crippen molar-refractivity contribution in [2.75, 3.05) is 39.3 Å². The Bertz CT molecular complexity index is 254. The van der Waals surface area contributed by atoms with Gasteiger partial charge in [0, 0.05) is 6.54 Å². The summed E-state index contributed by atoms with van der Waals surface area (Å²) in [6, 6.07) is 0. The lowest BCUT2D eigenvalue weighted by atomic mass is 9.96. The van der Waals surface area contributed by atoms with E-state index in [1.807, 2.05) is 0 Å². The largest absolute Gasteiger partial charge is 0.369 e. The Morgan fingerprint density at radius 3 is 2.11 bits per heavy atom. The summed E-state index contributed by atoms with van der Waals surface area (Å²) >= 11 is 0. The summed E-state index contributed by atoms with van der Waals surface area (Å²) in [6.45, 7) is 6.38. The summed E-state index contributed by atoms with van der Waals surface area (Å²) < 4.78 is 0. The number of nitrogens with two attached hydrogens (primary N) is 1. The SMILES string of the molecule is NC(=O)CN1CCC(CN2CCCCCC2)CC1. The summed E-state index contributed by atoms with van der Waals surface area (Å²) in [4.78, 5) is 15.7. The Morgan fingerprint density at radius 1 is 0.944 bits per heavy atom. The number of hydrogen-bond donors (Lipinski definition) is 1. The predicted octanol–water partition coefficient (Wildman–Crippen LogP) is 1.06. The van der Waals surface area contributed by atoms with Crippen molar-refractivity contribution in [3.63, 3.8) is 0 Å². The van der Waals surface area contributed by atoms with Crippen molar-refractivity contribution in [2.45, 2.75) is 38.5 Å². The number of likely N-dealkylation sites (tertiary alicyclic amines) is 2. The Labute approximate surface area is 110 Å². The Kier molecular flexibility index (Phi) is 5.45. The van der Waals surface area contributed by atoms with Crippen LogP contribution in [0.3, 0.4) is 0 Å². The summed E-state index contributed by atoms with van der Waals surface area (Å²) in [7, 11) is 0. The van der Waals surface area contributed by atoms with Gasteiger partial charge < -0.3 is 10.6 Å². The molecule has 2 N–H and O–H groups in total. The van der Waals surface area contributed by atoms with Crippen LogP contribution < -0.4 is 5.73 Å². The highest BCUT2D eigenvalue weighted by molar-refractivity contribution is 5.75. The third-order valence-corrected chi connectivity index (χ3v) is 4.30. The highest BCUT2D eigenvalue weighted by atomic mass is 16.1. The van der Waals surface area contributed by atoms with Crippen LogP contribution in [0.2, 0.25) is 0 Å². The van der Waals surface area contributed by atoms with Crippen LogP contribution in [0.4, 0.5) is 0 Å². The van der Waals surface area contributed by atoms with Gasteiger partial charge in [0.15, 0.2) is 0 Å². The van der Waals surface area contributed by atoms with E-state index in [1.54, 1.807) is 0 Å². The number of amides is 1. The number of piperidine rings is 1. The summed E-state index contributed by atoms with van der Waals surface area (Å²) in [6.07, 6.45) is 8.02. The van der Waals surface area contributed by atoms with E-state index < -0.39 is 0 Å². The molecule has 1 amide bonds. The zero-order valence-electron chi connectivity index (χ0n) is 11.4. The molecule has 0 spiro atoms. The van der Waals surface area contributed by atoms with Gasteiger partial charge in [-0.15, -0.1) is 0 Å². The first-order valence-corrected chi connectivity index (χ1v) is 7.47. The van der Waals surface area contributed by atoms with Crippen LogP contribution >= 0.6 is 0 Å². The van der Waals surface area contributed by atoms with E-state index >= 15 is 0 Å². The molecule has 4 heteroatoms. The maximum absolute atomic E-state index is 10.9. The molecule has 0 radical (unpaired) electrons. The molecule has 2 saturated heterocycles. The molecule has 0 saturated carbocycles. The monoisotopic (exact) mass is 253 g/mol. The Balaban J connectivity index is 1.67. The number of primary amides is 1. The van der Waals surface area contributed by atoms with Gasteiger partial charge >= 0.3 is 0 Å². The Morgan fingerprint density at radius 2 is 1.56 bits per heavy atom. The average Bonchev–Trinajstić information content (AvgIpc) is 2.60. The molecule has 0 aromatic heterocycles. The lowest BCUT2D eigenvalue weighted by molar-refractivity contribution is -0.119. The van der Waals surface area contributed by atoms with Gasteiger partial charge in [-0.2, -0.15) is 0 Å². The van der Waals surface area contributed by atoms with Crippen LogP contribution in [-0.4, -0.2) is 55.0 Å². The zero-order chi connectivity index (χ0) is 12.8. The van der Waals surface area contributed by atoms with Gasteiger partial charge in [0.2, 0.25) is 5.91 Å². The fourth-order valence-electron chi connectivity index (χ4n) is 3.23. The number of carbonyl (C=O) groups excluding carboxylic acids is 1. The molecule has 0 unspecified atom stereocenters. The van der Waals surface area contributed by atoms with Crippen molar-refractivity contribution in [3.8, 4) is 0 Å². The minimum absolute atomic E-state index is 0.194. The highest BCUT2D eigenvalue weighted by Gasteiger charge is 2.22. The molecule has 2 heterocycles. The lowest BCUT2D eigenvalue weighted by Gasteiger charge is -2.34. The summed E-state index contributed by atoms with van der Waals surface area (Å²) in [5.74, 6) is 0.633. The van der Waals surface area contributed by atoms with Crippen molar-refractivity contribution in [2.24, 2.45) is 11.7 Å². The van der Waals surface area contributed by atoms with E-state index in [2.05, 4.69) is 9.80 Å². The van der Waals surface area contributed by atoms with Gasteiger partial charge in [0.1, 0.15) is 0 Å². The van der Waals surface area contributed by atoms with Crippen molar-refractivity contribution >= 4 is 5.91 Å². The average molecular weight is 253 g/mol. The van der Waals surface area contributed by atoms with E-state index in [-0.39, 0.29) is 5.91 Å². The van der Waals surface area contributed by atoms with E-state index in [0.29, 0.717) is 6.54 Å². The fraction of sp³-hybridized carbons (Fsp3) is 0.929. The quantitative estimate of drug-likeness (QED) is 0.815. The topological polar surface area (TPSA) is 49.6 Å². The molecule has 2 aliphatic heterocycles. The second-order valence-electron chi connectivity index (χ2n) is 5.90. The zero-order valence-corrected chi connectivity index (χ0v) is 11.4. The maximum atomic E-state index is 10.9. The second kappa shape index (κ2) is 7.10. The van der Waals surface area contributed by atoms with E-state index in [0.717, 1.165) is 19.0 Å². The standard InChI is InChI=1S/C14H27N3O/c15-14(18)12-17-9-5-13(6-10-17)11-16-7-3-1-2-4-8-16/h13H,1-12H2,(H2,15,18). The Hall–Kier alpha value is -0.610. The molecular formula is C14H27N3O. The van der Waals surface area contributed by atoms with Crippen LogP contribution in [0.5, 0.6) is 0 Å². The van der Waals surface area contributed by atoms with Gasteiger partial charge in [0.05, 0.1) is 6.54 Å². The first-order valence-electron chi connectivity index (χ1n) is 7.47. The van der Waals surface area contributed by atoms with Crippen LogP contribution in [-0.2, 0) is 4.79 Å². The second-order valence-corrected chi connectivity index (χ2v) is 5.90. The van der Waals surface area contributed by atoms with E-state index in [9.17, 15) is 4.79 Å². The normalized spacial score (nSPS) is 24.9. The number of carbonyl (C=O) groups is 1. The van der Waals surface area contributed by atoms with E-state index in [4.69, 9.17) is 5.73 Å². The van der Waals surface area contributed by atoms with Crippen LogP contribution in [0.25, 0.3) is 0 Å². The van der Waals surface area contributed by atoms with Crippen LogP contribution in [0.1, 0.15) is 38.5 Å². The van der Waals surface area contributed by atoms with Gasteiger partial charge in [-0.05, 0) is 57.8 Å². The van der Waals surface area contributed by atoms with Gasteiger partial charge in [-0.3, -0.25) is 9.69 Å². The number of hydrogen-bond acceptors (Lipinski definition) is 3. The van der Waals surface area contributed by atoms with Gasteiger partial charge in [-0.25, -0.2) is 0 Å². The molecule has 18 heavy (non-hydrogen) atoms. The molecular weight excluding hydrogens is 226 g/mol. The fourth-order valence-corrected chi connectivity index (χ4v) is 3.23. The number of rotatable bonds is 4. The van der Waals surface area contributed by atoms with Crippen LogP contribution in [0, 0.1) is 5.92 Å². The van der Waals surface area contributed by atoms with Crippen molar-refractivity contribution in [1.29, 1.82) is 0 Å². The molecule has 104 valence electrons. The summed E-state index contributed by atoms with van der Waals surface area (Å²) in [5, 5.41) is 0. The van der Waals surface area contributed by atoms with Gasteiger partial charge in [-0.1, -0.05) is 12.8 Å². The van der Waals surface area contributed by atoms with Gasteiger partial charge in [0.25, 0.3) is 0 Å². The summed E-state index contributed by atoms with van der Waals surface area (Å²) in [5.41, 5.74) is 5.24. The minimum atomic E-state index is -0.194. The number of nitrogens with zero attached hydrogens (tertiary/aromatic N) is 2. The highest BCUT2D eigenvalue weighted by Crippen LogP contribution is 2.20. The third-order valence-electron chi connectivity index (χ3n) is 4.30. The molecule has 0 bridgehead atoms. The van der Waals surface area contributed by atoms with Crippen molar-refractivity contribution < 1.29 is 4.79 Å². The molecule has 2 fully saturated rings. The third kappa shape index (κ3) is 4.58. The molecule has 0 aliphatic carbocycles. The first-order chi connectivity index (χ1) is 8.74.